The van der Waals surface area contributed by atoms with E-state index in [2.05, 4.69) is 17.6 Å². The van der Waals surface area contributed by atoms with Gasteiger partial charge in [0.1, 0.15) is 5.75 Å². The Morgan fingerprint density at radius 1 is 1.44 bits per heavy atom. The molecular weight excluding hydrogens is 228 g/mol. The molecule has 2 N–H and O–H groups in total. The van der Waals surface area contributed by atoms with Crippen LogP contribution in [-0.4, -0.2) is 19.2 Å². The van der Waals surface area contributed by atoms with Crippen LogP contribution >= 0.6 is 0 Å². The first-order valence-electron chi connectivity index (χ1n) is 6.60. The molecule has 0 atom stereocenters. The number of hydrogen-bond donors (Lipinski definition) is 2. The number of amides is 2. The smallest absolute Gasteiger partial charge is 0.319 e. The fraction of sp³-hybridized carbons (Fsp3) is 0.500. The summed E-state index contributed by atoms with van der Waals surface area (Å²) in [4.78, 5) is 11.6. The van der Waals surface area contributed by atoms with Crippen molar-refractivity contribution < 1.29 is 9.53 Å². The van der Waals surface area contributed by atoms with Gasteiger partial charge in [0.05, 0.1) is 6.61 Å². The van der Waals surface area contributed by atoms with E-state index >= 15 is 0 Å². The average Bonchev–Trinajstić information content (AvgIpc) is 2.39. The maximum atomic E-state index is 11.6. The van der Waals surface area contributed by atoms with Crippen LogP contribution < -0.4 is 15.4 Å². The quantitative estimate of drug-likeness (QED) is 0.805. The van der Waals surface area contributed by atoms with Crippen LogP contribution in [0.15, 0.2) is 18.2 Å². The number of rotatable bonds is 4. The molecule has 0 aliphatic carbocycles. The number of anilines is 1. The molecule has 1 aliphatic rings. The Labute approximate surface area is 108 Å². The van der Waals surface area contributed by atoms with Crippen molar-refractivity contribution in [1.29, 1.82) is 0 Å². The molecule has 0 spiro atoms. The zero-order valence-electron chi connectivity index (χ0n) is 10.8. The molecule has 1 heterocycles. The summed E-state index contributed by atoms with van der Waals surface area (Å²) >= 11 is 0. The van der Waals surface area contributed by atoms with Gasteiger partial charge < -0.3 is 15.4 Å². The molecule has 4 heteroatoms. The second-order valence-corrected chi connectivity index (χ2v) is 4.51. The molecule has 4 nitrogen and oxygen atoms in total. The molecule has 98 valence electrons. The number of carbonyl (C=O) groups is 1. The Kier molecular flexibility index (Phi) is 4.45. The monoisotopic (exact) mass is 248 g/mol. The fourth-order valence-electron chi connectivity index (χ4n) is 1.99. The maximum absolute atomic E-state index is 11.6. The lowest BCUT2D eigenvalue weighted by molar-refractivity contribution is 0.252. The molecule has 0 unspecified atom stereocenters. The van der Waals surface area contributed by atoms with E-state index in [1.54, 1.807) is 0 Å². The third kappa shape index (κ3) is 3.39. The van der Waals surface area contributed by atoms with E-state index in [4.69, 9.17) is 4.74 Å². The van der Waals surface area contributed by atoms with E-state index < -0.39 is 0 Å². The van der Waals surface area contributed by atoms with Gasteiger partial charge in [0.2, 0.25) is 0 Å². The van der Waals surface area contributed by atoms with Crippen molar-refractivity contribution in [2.24, 2.45) is 0 Å². The molecule has 1 aromatic carbocycles. The van der Waals surface area contributed by atoms with Gasteiger partial charge in [-0.1, -0.05) is 13.3 Å². The number of hydrogen-bond acceptors (Lipinski definition) is 2. The summed E-state index contributed by atoms with van der Waals surface area (Å²) < 4.78 is 5.53. The molecule has 0 aromatic heterocycles. The van der Waals surface area contributed by atoms with Gasteiger partial charge in [0, 0.05) is 12.2 Å². The van der Waals surface area contributed by atoms with Crippen molar-refractivity contribution in [3.63, 3.8) is 0 Å². The molecule has 1 aromatic rings. The zero-order chi connectivity index (χ0) is 12.8. The molecular formula is C14H20N2O2. The maximum Gasteiger partial charge on any atom is 0.319 e. The molecule has 0 bridgehead atoms. The van der Waals surface area contributed by atoms with Crippen LogP contribution in [-0.2, 0) is 6.42 Å². The molecule has 18 heavy (non-hydrogen) atoms. The van der Waals surface area contributed by atoms with Crippen molar-refractivity contribution in [1.82, 2.24) is 5.32 Å². The van der Waals surface area contributed by atoms with E-state index in [1.807, 2.05) is 18.2 Å². The molecule has 0 fully saturated rings. The SMILES string of the molecule is CCCCNC(=O)Nc1ccc2c(c1)CCCO2. The van der Waals surface area contributed by atoms with Gasteiger partial charge in [-0.25, -0.2) is 4.79 Å². The predicted molar refractivity (Wildman–Crippen MR) is 72.2 cm³/mol. The van der Waals surface area contributed by atoms with Crippen LogP contribution in [0.1, 0.15) is 31.7 Å². The summed E-state index contributed by atoms with van der Waals surface area (Å²) in [7, 11) is 0. The lowest BCUT2D eigenvalue weighted by Crippen LogP contribution is -2.29. The Balaban J connectivity index is 1.91. The highest BCUT2D eigenvalue weighted by Crippen LogP contribution is 2.27. The number of unbranched alkanes of at least 4 members (excludes halogenated alkanes) is 1. The molecule has 0 saturated carbocycles. The second kappa shape index (κ2) is 6.28. The Bertz CT molecular complexity index is 418. The van der Waals surface area contributed by atoms with Crippen LogP contribution in [0.4, 0.5) is 10.5 Å². The Morgan fingerprint density at radius 3 is 3.17 bits per heavy atom. The molecule has 2 rings (SSSR count). The largest absolute Gasteiger partial charge is 0.493 e. The number of benzene rings is 1. The van der Waals surface area contributed by atoms with Crippen molar-refractivity contribution in [3.8, 4) is 5.75 Å². The highest BCUT2D eigenvalue weighted by Gasteiger charge is 2.11. The van der Waals surface area contributed by atoms with Crippen molar-refractivity contribution in [2.45, 2.75) is 32.6 Å². The zero-order valence-corrected chi connectivity index (χ0v) is 10.8. The number of carbonyl (C=O) groups excluding carboxylic acids is 1. The van der Waals surface area contributed by atoms with Gasteiger partial charge in [-0.3, -0.25) is 0 Å². The topological polar surface area (TPSA) is 50.4 Å². The average molecular weight is 248 g/mol. The minimum atomic E-state index is -0.139. The summed E-state index contributed by atoms with van der Waals surface area (Å²) in [6.45, 7) is 3.61. The Hall–Kier alpha value is -1.71. The van der Waals surface area contributed by atoms with Gasteiger partial charge in [0.25, 0.3) is 0 Å². The van der Waals surface area contributed by atoms with E-state index in [9.17, 15) is 4.79 Å². The van der Waals surface area contributed by atoms with Crippen LogP contribution in [0.2, 0.25) is 0 Å². The van der Waals surface area contributed by atoms with Gasteiger partial charge in [-0.15, -0.1) is 0 Å². The van der Waals surface area contributed by atoms with Crippen LogP contribution in [0, 0.1) is 0 Å². The van der Waals surface area contributed by atoms with E-state index in [-0.39, 0.29) is 6.03 Å². The van der Waals surface area contributed by atoms with Crippen molar-refractivity contribution in [2.75, 3.05) is 18.5 Å². The lowest BCUT2D eigenvalue weighted by Gasteiger charge is -2.18. The van der Waals surface area contributed by atoms with Crippen LogP contribution in [0.25, 0.3) is 0 Å². The first kappa shape index (κ1) is 12.7. The predicted octanol–water partition coefficient (Wildman–Crippen LogP) is 2.93. The minimum Gasteiger partial charge on any atom is -0.493 e. The summed E-state index contributed by atoms with van der Waals surface area (Å²) in [6, 6.07) is 5.66. The molecule has 0 saturated heterocycles. The normalized spacial score (nSPS) is 13.4. The Morgan fingerprint density at radius 2 is 2.33 bits per heavy atom. The van der Waals surface area contributed by atoms with Gasteiger partial charge in [0.15, 0.2) is 0 Å². The highest BCUT2D eigenvalue weighted by molar-refractivity contribution is 5.89. The van der Waals surface area contributed by atoms with Crippen LogP contribution in [0.5, 0.6) is 5.75 Å². The molecule has 2 amide bonds. The van der Waals surface area contributed by atoms with Crippen molar-refractivity contribution in [3.05, 3.63) is 23.8 Å². The van der Waals surface area contributed by atoms with E-state index in [0.29, 0.717) is 0 Å². The highest BCUT2D eigenvalue weighted by atomic mass is 16.5. The summed E-state index contributed by atoms with van der Waals surface area (Å²) in [6.07, 6.45) is 4.14. The lowest BCUT2D eigenvalue weighted by atomic mass is 10.1. The van der Waals surface area contributed by atoms with Crippen LogP contribution in [0.3, 0.4) is 0 Å². The first-order chi connectivity index (χ1) is 8.79. The number of aryl methyl sites for hydroxylation is 1. The number of urea groups is 1. The van der Waals surface area contributed by atoms with Gasteiger partial charge in [-0.05, 0) is 43.0 Å². The molecule has 1 aliphatic heterocycles. The van der Waals surface area contributed by atoms with E-state index in [1.165, 1.54) is 5.56 Å². The fourth-order valence-corrected chi connectivity index (χ4v) is 1.99. The molecule has 0 radical (unpaired) electrons. The number of fused-ring (bicyclic) bond motifs is 1. The van der Waals surface area contributed by atoms with Gasteiger partial charge in [-0.2, -0.15) is 0 Å². The minimum absolute atomic E-state index is 0.139. The summed E-state index contributed by atoms with van der Waals surface area (Å²) in [5.41, 5.74) is 2.00. The first-order valence-corrected chi connectivity index (χ1v) is 6.60. The third-order valence-corrected chi connectivity index (χ3v) is 2.98. The van der Waals surface area contributed by atoms with Crippen molar-refractivity contribution >= 4 is 11.7 Å². The summed E-state index contributed by atoms with van der Waals surface area (Å²) in [5, 5.41) is 5.68. The standard InChI is InChI=1S/C14H20N2O2/c1-2-3-8-15-14(17)16-12-6-7-13-11(10-12)5-4-9-18-13/h6-7,10H,2-5,8-9H2,1H3,(H2,15,16,17). The second-order valence-electron chi connectivity index (χ2n) is 4.51. The third-order valence-electron chi connectivity index (χ3n) is 2.98. The van der Waals surface area contributed by atoms with Gasteiger partial charge >= 0.3 is 6.03 Å². The van der Waals surface area contributed by atoms with E-state index in [0.717, 1.165) is 50.3 Å². The number of ether oxygens (including phenoxy) is 1. The number of nitrogens with one attached hydrogen (secondary N) is 2. The summed E-state index contributed by atoms with van der Waals surface area (Å²) in [5.74, 6) is 0.943.